The fourth-order valence-electron chi connectivity index (χ4n) is 4.48. The Morgan fingerprint density at radius 1 is 1.17 bits per heavy atom. The molecule has 1 aliphatic rings. The highest BCUT2D eigenvalue weighted by Crippen LogP contribution is 2.38. The van der Waals surface area contributed by atoms with Gasteiger partial charge >= 0.3 is 0 Å². The molecule has 30 heavy (non-hydrogen) atoms. The third-order valence-corrected chi connectivity index (χ3v) is 6.82. The van der Waals surface area contributed by atoms with Crippen LogP contribution >= 0.6 is 11.3 Å². The van der Waals surface area contributed by atoms with Crippen LogP contribution in [-0.2, 0) is 17.8 Å². The number of carbonyl (C=O) groups excluding carboxylic acids is 1. The first-order chi connectivity index (χ1) is 14.6. The van der Waals surface area contributed by atoms with Gasteiger partial charge in [-0.2, -0.15) is 0 Å². The van der Waals surface area contributed by atoms with Crippen molar-refractivity contribution >= 4 is 17.2 Å². The van der Waals surface area contributed by atoms with Crippen molar-refractivity contribution < 1.29 is 4.79 Å². The fraction of sp³-hybridized carbons (Fsp3) is 0.360. The van der Waals surface area contributed by atoms with Crippen LogP contribution in [0.15, 0.2) is 60.0 Å². The van der Waals surface area contributed by atoms with Gasteiger partial charge < -0.3 is 5.32 Å². The molecule has 4 nitrogen and oxygen atoms in total. The fourth-order valence-corrected chi connectivity index (χ4v) is 5.27. The number of carbonyl (C=O) groups is 1. The Hall–Kier alpha value is -2.50. The van der Waals surface area contributed by atoms with Gasteiger partial charge in [-0.3, -0.25) is 14.7 Å². The molecule has 1 fully saturated rings. The van der Waals surface area contributed by atoms with E-state index in [4.69, 9.17) is 0 Å². The summed E-state index contributed by atoms with van der Waals surface area (Å²) in [6.07, 6.45) is 1.62. The van der Waals surface area contributed by atoms with Crippen LogP contribution in [-0.4, -0.2) is 35.4 Å². The highest BCUT2D eigenvalue weighted by atomic mass is 32.1. The Morgan fingerprint density at radius 2 is 2.03 bits per heavy atom. The Morgan fingerprint density at radius 3 is 2.80 bits per heavy atom. The second-order valence-corrected chi connectivity index (χ2v) is 9.13. The molecule has 1 unspecified atom stereocenters. The van der Waals surface area contributed by atoms with E-state index in [-0.39, 0.29) is 5.91 Å². The number of rotatable bonds is 7. The van der Waals surface area contributed by atoms with E-state index in [1.165, 1.54) is 16.0 Å². The van der Waals surface area contributed by atoms with Gasteiger partial charge in [0, 0.05) is 30.2 Å². The van der Waals surface area contributed by atoms with E-state index < -0.39 is 5.41 Å². The van der Waals surface area contributed by atoms with Crippen molar-refractivity contribution in [2.75, 3.05) is 19.6 Å². The molecule has 0 spiro atoms. The zero-order valence-corrected chi connectivity index (χ0v) is 18.5. The highest BCUT2D eigenvalue weighted by Gasteiger charge is 2.44. The smallest absolute Gasteiger partial charge is 0.227 e. The van der Waals surface area contributed by atoms with Crippen molar-refractivity contribution in [3.8, 4) is 10.4 Å². The van der Waals surface area contributed by atoms with Crippen molar-refractivity contribution in [3.63, 3.8) is 0 Å². The zero-order chi connectivity index (χ0) is 21.0. The number of hydrogen-bond acceptors (Lipinski definition) is 4. The summed E-state index contributed by atoms with van der Waals surface area (Å²) in [5, 5.41) is 5.23. The summed E-state index contributed by atoms with van der Waals surface area (Å²) in [7, 11) is 0. The minimum absolute atomic E-state index is 0.172. The van der Waals surface area contributed by atoms with Crippen LogP contribution in [0.3, 0.4) is 0 Å². The van der Waals surface area contributed by atoms with Gasteiger partial charge in [0.25, 0.3) is 0 Å². The highest BCUT2D eigenvalue weighted by molar-refractivity contribution is 7.13. The number of aromatic nitrogens is 1. The first kappa shape index (κ1) is 20.8. The molecule has 0 saturated carbocycles. The summed E-state index contributed by atoms with van der Waals surface area (Å²) in [6, 6.07) is 18.9. The second-order valence-electron chi connectivity index (χ2n) is 8.18. The van der Waals surface area contributed by atoms with E-state index in [2.05, 4.69) is 69.1 Å². The molecule has 0 radical (unpaired) electrons. The Labute approximate surface area is 183 Å². The van der Waals surface area contributed by atoms with Crippen molar-refractivity contribution in [1.29, 1.82) is 0 Å². The number of likely N-dealkylation sites (tertiary alicyclic amines) is 1. The summed E-state index contributed by atoms with van der Waals surface area (Å²) >= 11 is 1.75. The number of thiophene rings is 1. The van der Waals surface area contributed by atoms with E-state index in [9.17, 15) is 4.79 Å². The number of nitrogens with one attached hydrogen (secondary N) is 1. The standard InChI is InChI=1S/C25H29N3OS/c1-3-26-24(29)25(13-14-28(18-25)17-21-10-6-8-19(2)27-21)16-20-9-4-5-11-22(20)23-12-7-15-30-23/h4-12,15H,3,13-14,16-18H2,1-2H3,(H,26,29). The van der Waals surface area contributed by atoms with Crippen LogP contribution in [0.25, 0.3) is 10.4 Å². The Kier molecular flexibility index (Phi) is 6.30. The van der Waals surface area contributed by atoms with Gasteiger partial charge in [-0.15, -0.1) is 11.3 Å². The van der Waals surface area contributed by atoms with Crippen molar-refractivity contribution in [3.05, 3.63) is 76.9 Å². The van der Waals surface area contributed by atoms with E-state index in [0.717, 1.165) is 43.9 Å². The lowest BCUT2D eigenvalue weighted by atomic mass is 9.78. The summed E-state index contributed by atoms with van der Waals surface area (Å²) in [4.78, 5) is 21.6. The van der Waals surface area contributed by atoms with Gasteiger partial charge in [-0.1, -0.05) is 36.4 Å². The van der Waals surface area contributed by atoms with E-state index in [1.54, 1.807) is 11.3 Å². The number of pyridine rings is 1. The third kappa shape index (κ3) is 4.47. The molecular weight excluding hydrogens is 390 g/mol. The number of amides is 1. The van der Waals surface area contributed by atoms with E-state index in [1.807, 2.05) is 19.9 Å². The van der Waals surface area contributed by atoms with Gasteiger partial charge in [-0.25, -0.2) is 0 Å². The third-order valence-electron chi connectivity index (χ3n) is 5.92. The molecule has 1 saturated heterocycles. The Balaban J connectivity index is 1.60. The zero-order valence-electron chi connectivity index (χ0n) is 17.7. The lowest BCUT2D eigenvalue weighted by Gasteiger charge is -2.29. The normalized spacial score (nSPS) is 19.1. The maximum absolute atomic E-state index is 13.3. The quantitative estimate of drug-likeness (QED) is 0.604. The monoisotopic (exact) mass is 419 g/mol. The van der Waals surface area contributed by atoms with Crippen LogP contribution in [0, 0.1) is 12.3 Å². The molecule has 156 valence electrons. The lowest BCUT2D eigenvalue weighted by Crippen LogP contribution is -2.44. The Bertz CT molecular complexity index is 1000. The topological polar surface area (TPSA) is 45.2 Å². The predicted octanol–water partition coefficient (Wildman–Crippen LogP) is 4.69. The molecule has 3 aromatic rings. The van der Waals surface area contributed by atoms with Crippen LogP contribution in [0.2, 0.25) is 0 Å². The van der Waals surface area contributed by atoms with Crippen LogP contribution in [0.5, 0.6) is 0 Å². The van der Waals surface area contributed by atoms with Gasteiger partial charge in [-0.05, 0) is 67.9 Å². The molecule has 0 aliphatic carbocycles. The summed E-state index contributed by atoms with van der Waals surface area (Å²) < 4.78 is 0. The number of hydrogen-bond donors (Lipinski definition) is 1. The van der Waals surface area contributed by atoms with Crippen LogP contribution in [0.1, 0.15) is 30.3 Å². The molecule has 0 bridgehead atoms. The van der Waals surface area contributed by atoms with Crippen LogP contribution < -0.4 is 5.32 Å². The first-order valence-corrected chi connectivity index (χ1v) is 11.5. The van der Waals surface area contributed by atoms with Gasteiger partial charge in [0.1, 0.15) is 0 Å². The molecule has 3 heterocycles. The maximum Gasteiger partial charge on any atom is 0.227 e. The van der Waals surface area contributed by atoms with Gasteiger partial charge in [0.05, 0.1) is 11.1 Å². The van der Waals surface area contributed by atoms with Crippen molar-refractivity contribution in [1.82, 2.24) is 15.2 Å². The van der Waals surface area contributed by atoms with Crippen molar-refractivity contribution in [2.24, 2.45) is 5.41 Å². The van der Waals surface area contributed by atoms with E-state index in [0.29, 0.717) is 6.54 Å². The largest absolute Gasteiger partial charge is 0.356 e. The summed E-state index contributed by atoms with van der Waals surface area (Å²) in [6.45, 7) is 7.13. The minimum Gasteiger partial charge on any atom is -0.356 e. The molecule has 1 aromatic carbocycles. The molecule has 1 aliphatic heterocycles. The van der Waals surface area contributed by atoms with Crippen molar-refractivity contribution in [2.45, 2.75) is 33.2 Å². The maximum atomic E-state index is 13.3. The molecule has 1 atom stereocenters. The number of nitrogens with zero attached hydrogens (tertiary/aromatic N) is 2. The SMILES string of the molecule is CCNC(=O)C1(Cc2ccccc2-c2cccs2)CCN(Cc2cccc(C)n2)C1. The molecule has 5 heteroatoms. The number of benzene rings is 1. The average molecular weight is 420 g/mol. The van der Waals surface area contributed by atoms with E-state index >= 15 is 0 Å². The molecule has 4 rings (SSSR count). The van der Waals surface area contributed by atoms with Gasteiger partial charge in [0.15, 0.2) is 0 Å². The summed E-state index contributed by atoms with van der Waals surface area (Å²) in [5.74, 6) is 0.172. The average Bonchev–Trinajstić information content (AvgIpc) is 3.40. The minimum atomic E-state index is -0.410. The second kappa shape index (κ2) is 9.11. The first-order valence-electron chi connectivity index (χ1n) is 10.6. The molecular formula is C25H29N3OS. The van der Waals surface area contributed by atoms with Crippen LogP contribution in [0.4, 0.5) is 0 Å². The lowest BCUT2D eigenvalue weighted by molar-refractivity contribution is -0.130. The summed E-state index contributed by atoms with van der Waals surface area (Å²) in [5.41, 5.74) is 4.19. The molecule has 2 aromatic heterocycles. The molecule has 1 amide bonds. The molecule has 1 N–H and O–H groups in total. The number of aryl methyl sites for hydroxylation is 1. The van der Waals surface area contributed by atoms with Gasteiger partial charge in [0.2, 0.25) is 5.91 Å². The predicted molar refractivity (Wildman–Crippen MR) is 123 cm³/mol.